The summed E-state index contributed by atoms with van der Waals surface area (Å²) in [7, 11) is 0. The SMILES string of the molecule is CCCN1CCc2cccc3c2[C@H]1Cc1ccc2c(c1-3)OC(C)C2C. The molecule has 2 heteroatoms. The lowest BCUT2D eigenvalue weighted by Gasteiger charge is -2.42. The van der Waals surface area contributed by atoms with Gasteiger partial charge in [-0.2, -0.15) is 0 Å². The Hall–Kier alpha value is -1.80. The van der Waals surface area contributed by atoms with Crippen molar-refractivity contribution in [3.63, 3.8) is 0 Å². The van der Waals surface area contributed by atoms with Crippen molar-refractivity contribution in [1.82, 2.24) is 4.90 Å². The summed E-state index contributed by atoms with van der Waals surface area (Å²) >= 11 is 0. The monoisotopic (exact) mass is 333 g/mol. The van der Waals surface area contributed by atoms with Crippen molar-refractivity contribution in [1.29, 1.82) is 0 Å². The Morgan fingerprint density at radius 3 is 2.84 bits per heavy atom. The summed E-state index contributed by atoms with van der Waals surface area (Å²) in [6, 6.07) is 12.2. The van der Waals surface area contributed by atoms with Gasteiger partial charge in [0.2, 0.25) is 0 Å². The van der Waals surface area contributed by atoms with Gasteiger partial charge in [0.1, 0.15) is 11.9 Å². The molecular weight excluding hydrogens is 306 g/mol. The molecule has 2 aromatic carbocycles. The average Bonchev–Trinajstić information content (AvgIpc) is 2.92. The number of hydrogen-bond donors (Lipinski definition) is 0. The minimum absolute atomic E-state index is 0.273. The summed E-state index contributed by atoms with van der Waals surface area (Å²) in [5.74, 6) is 1.64. The molecule has 0 aromatic heterocycles. The summed E-state index contributed by atoms with van der Waals surface area (Å²) in [6.07, 6.45) is 3.80. The summed E-state index contributed by atoms with van der Waals surface area (Å²) in [5, 5.41) is 0. The highest BCUT2D eigenvalue weighted by Crippen LogP contribution is 2.52. The minimum atomic E-state index is 0.273. The second-order valence-corrected chi connectivity index (χ2v) is 8.01. The van der Waals surface area contributed by atoms with Gasteiger partial charge in [-0.25, -0.2) is 0 Å². The van der Waals surface area contributed by atoms with E-state index in [0.717, 1.165) is 12.2 Å². The third-order valence-corrected chi connectivity index (χ3v) is 6.61. The molecule has 25 heavy (non-hydrogen) atoms. The second kappa shape index (κ2) is 5.60. The summed E-state index contributed by atoms with van der Waals surface area (Å²) in [6.45, 7) is 9.18. The molecule has 130 valence electrons. The van der Waals surface area contributed by atoms with Crippen molar-refractivity contribution in [3.8, 4) is 16.9 Å². The number of hydrogen-bond acceptors (Lipinski definition) is 2. The average molecular weight is 333 g/mol. The van der Waals surface area contributed by atoms with E-state index in [1.54, 1.807) is 11.1 Å². The molecule has 2 nitrogen and oxygen atoms in total. The molecule has 1 aliphatic carbocycles. The Bertz CT molecular complexity index is 840. The number of ether oxygens (including phenoxy) is 1. The normalized spacial score (nSPS) is 26.6. The molecule has 0 saturated heterocycles. The van der Waals surface area contributed by atoms with Crippen LogP contribution in [0.3, 0.4) is 0 Å². The van der Waals surface area contributed by atoms with Crippen molar-refractivity contribution >= 4 is 0 Å². The Balaban J connectivity index is 1.72. The van der Waals surface area contributed by atoms with Crippen LogP contribution in [0.4, 0.5) is 0 Å². The molecule has 0 N–H and O–H groups in total. The van der Waals surface area contributed by atoms with E-state index in [1.165, 1.54) is 48.2 Å². The molecule has 0 bridgehead atoms. The topological polar surface area (TPSA) is 12.5 Å². The molecular formula is C23H27NO. The van der Waals surface area contributed by atoms with Crippen molar-refractivity contribution in [2.24, 2.45) is 0 Å². The number of nitrogens with zero attached hydrogens (tertiary/aromatic N) is 1. The smallest absolute Gasteiger partial charge is 0.131 e. The van der Waals surface area contributed by atoms with Crippen molar-refractivity contribution in [2.45, 2.75) is 58.1 Å². The van der Waals surface area contributed by atoms with E-state index in [1.807, 2.05) is 0 Å². The van der Waals surface area contributed by atoms with Crippen LogP contribution >= 0.6 is 0 Å². The van der Waals surface area contributed by atoms with Crippen LogP contribution in [0.15, 0.2) is 30.3 Å². The lowest BCUT2D eigenvalue weighted by atomic mass is 9.76. The zero-order valence-electron chi connectivity index (χ0n) is 15.5. The summed E-state index contributed by atoms with van der Waals surface area (Å²) < 4.78 is 6.36. The first-order chi connectivity index (χ1) is 12.2. The lowest BCUT2D eigenvalue weighted by molar-refractivity contribution is 0.182. The standard InChI is InChI=1S/C23H27NO/c1-4-11-24-12-10-16-6-5-7-19-21(16)20(24)13-17-8-9-18-14(2)15(3)25-23(18)22(17)19/h5-9,14-15,20H,4,10-13H2,1-3H3/t14?,15?,20-/m1/s1. The third-order valence-electron chi connectivity index (χ3n) is 6.61. The molecule has 2 heterocycles. The van der Waals surface area contributed by atoms with Gasteiger partial charge < -0.3 is 4.74 Å². The quantitative estimate of drug-likeness (QED) is 0.758. The van der Waals surface area contributed by atoms with Crippen molar-refractivity contribution in [3.05, 3.63) is 52.6 Å². The predicted molar refractivity (Wildman–Crippen MR) is 102 cm³/mol. The van der Waals surface area contributed by atoms with E-state index >= 15 is 0 Å². The van der Waals surface area contributed by atoms with Crippen LogP contribution in [0.2, 0.25) is 0 Å². The van der Waals surface area contributed by atoms with Crippen LogP contribution in [0.25, 0.3) is 11.1 Å². The third kappa shape index (κ3) is 2.13. The van der Waals surface area contributed by atoms with E-state index in [9.17, 15) is 0 Å². The van der Waals surface area contributed by atoms with E-state index in [-0.39, 0.29) is 6.10 Å². The first-order valence-electron chi connectivity index (χ1n) is 9.87. The molecule has 2 unspecified atom stereocenters. The summed E-state index contributed by atoms with van der Waals surface area (Å²) in [5.41, 5.74) is 8.82. The van der Waals surface area contributed by atoms with Crippen molar-refractivity contribution < 1.29 is 4.74 Å². The van der Waals surface area contributed by atoms with Gasteiger partial charge in [-0.1, -0.05) is 44.2 Å². The van der Waals surface area contributed by atoms with Crippen LogP contribution in [0.5, 0.6) is 5.75 Å². The Morgan fingerprint density at radius 1 is 1.12 bits per heavy atom. The maximum atomic E-state index is 6.36. The number of rotatable bonds is 2. The van der Waals surface area contributed by atoms with Gasteiger partial charge in [-0.3, -0.25) is 4.90 Å². The van der Waals surface area contributed by atoms with Crippen LogP contribution in [0.1, 0.15) is 61.4 Å². The largest absolute Gasteiger partial charge is 0.489 e. The van der Waals surface area contributed by atoms with Crippen molar-refractivity contribution in [2.75, 3.05) is 13.1 Å². The van der Waals surface area contributed by atoms with Gasteiger partial charge in [0.05, 0.1) is 0 Å². The molecule has 3 aliphatic rings. The highest BCUT2D eigenvalue weighted by molar-refractivity contribution is 5.82. The van der Waals surface area contributed by atoms with Crippen LogP contribution < -0.4 is 4.74 Å². The number of fused-ring (bicyclic) bond motifs is 4. The van der Waals surface area contributed by atoms with Gasteiger partial charge in [0, 0.05) is 29.6 Å². The highest BCUT2D eigenvalue weighted by atomic mass is 16.5. The van der Waals surface area contributed by atoms with Gasteiger partial charge in [-0.05, 0) is 55.0 Å². The minimum Gasteiger partial charge on any atom is -0.489 e. The highest BCUT2D eigenvalue weighted by Gasteiger charge is 2.38. The van der Waals surface area contributed by atoms with E-state index in [2.05, 4.69) is 56.0 Å². The van der Waals surface area contributed by atoms with Gasteiger partial charge >= 0.3 is 0 Å². The fraction of sp³-hybridized carbons (Fsp3) is 0.478. The molecule has 5 rings (SSSR count). The predicted octanol–water partition coefficient (Wildman–Crippen LogP) is 5.10. The van der Waals surface area contributed by atoms with Crippen LogP contribution in [-0.2, 0) is 12.8 Å². The van der Waals surface area contributed by atoms with E-state index in [0.29, 0.717) is 12.0 Å². The molecule has 2 aromatic rings. The fourth-order valence-corrected chi connectivity index (χ4v) is 5.17. The Labute approximate surface area is 150 Å². The molecule has 0 saturated carbocycles. The van der Waals surface area contributed by atoms with Crippen LogP contribution in [-0.4, -0.2) is 24.1 Å². The lowest BCUT2D eigenvalue weighted by Crippen LogP contribution is -2.38. The molecule has 2 aliphatic heterocycles. The zero-order chi connectivity index (χ0) is 17.1. The van der Waals surface area contributed by atoms with E-state index < -0.39 is 0 Å². The molecule has 0 fully saturated rings. The second-order valence-electron chi connectivity index (χ2n) is 8.01. The molecule has 0 radical (unpaired) electrons. The number of benzene rings is 2. The van der Waals surface area contributed by atoms with E-state index in [4.69, 9.17) is 4.74 Å². The Morgan fingerprint density at radius 2 is 2.00 bits per heavy atom. The first kappa shape index (κ1) is 15.5. The summed E-state index contributed by atoms with van der Waals surface area (Å²) in [4.78, 5) is 2.70. The maximum absolute atomic E-state index is 6.36. The first-order valence-corrected chi connectivity index (χ1v) is 9.87. The molecule has 3 atom stereocenters. The van der Waals surface area contributed by atoms with Crippen LogP contribution in [0, 0.1) is 0 Å². The Kier molecular flexibility index (Phi) is 3.46. The van der Waals surface area contributed by atoms with Gasteiger partial charge in [-0.15, -0.1) is 0 Å². The molecule has 0 amide bonds. The zero-order valence-corrected chi connectivity index (χ0v) is 15.5. The fourth-order valence-electron chi connectivity index (χ4n) is 5.17. The van der Waals surface area contributed by atoms with Gasteiger partial charge in [0.25, 0.3) is 0 Å². The maximum Gasteiger partial charge on any atom is 0.131 e. The van der Waals surface area contributed by atoms with Gasteiger partial charge in [0.15, 0.2) is 0 Å². The molecule has 0 spiro atoms.